The van der Waals surface area contributed by atoms with Gasteiger partial charge in [0.25, 0.3) is 0 Å². The molecule has 7 heteroatoms. The smallest absolute Gasteiger partial charge is 0.166 e. The van der Waals surface area contributed by atoms with Gasteiger partial charge in [-0.1, -0.05) is 0 Å². The van der Waals surface area contributed by atoms with Crippen LogP contribution in [-0.4, -0.2) is 43.4 Å². The van der Waals surface area contributed by atoms with Crippen molar-refractivity contribution in [2.45, 2.75) is 20.3 Å². The predicted octanol–water partition coefficient (Wildman–Crippen LogP) is 2.64. The number of pyridine rings is 1. The SMILES string of the molecule is COCCCNC(=S)NCCNc1nc2cc(C)c(C)cc2cc1C#N. The van der Waals surface area contributed by atoms with Crippen molar-refractivity contribution in [1.29, 1.82) is 5.26 Å². The maximum absolute atomic E-state index is 9.40. The van der Waals surface area contributed by atoms with Gasteiger partial charge in [-0.25, -0.2) is 4.98 Å². The standard InChI is InChI=1S/C19H25N5OS/c1-13-9-15-11-16(12-20)18(24-17(15)10-14(13)2)21-6-7-23-19(26)22-5-4-8-25-3/h9-11H,4-8H2,1-3H3,(H,21,24)(H2,22,23,26). The van der Waals surface area contributed by atoms with E-state index < -0.39 is 0 Å². The van der Waals surface area contributed by atoms with E-state index in [1.165, 1.54) is 11.1 Å². The highest BCUT2D eigenvalue weighted by Crippen LogP contribution is 2.22. The van der Waals surface area contributed by atoms with E-state index in [4.69, 9.17) is 17.0 Å². The van der Waals surface area contributed by atoms with Gasteiger partial charge in [0.1, 0.15) is 11.9 Å². The summed E-state index contributed by atoms with van der Waals surface area (Å²) in [6.07, 6.45) is 0.905. The summed E-state index contributed by atoms with van der Waals surface area (Å²) in [6, 6.07) is 8.21. The molecule has 0 radical (unpaired) electrons. The van der Waals surface area contributed by atoms with Crippen molar-refractivity contribution in [2.75, 3.05) is 38.7 Å². The zero-order valence-electron chi connectivity index (χ0n) is 15.5. The van der Waals surface area contributed by atoms with Gasteiger partial charge >= 0.3 is 0 Å². The van der Waals surface area contributed by atoms with Crippen molar-refractivity contribution < 1.29 is 4.74 Å². The van der Waals surface area contributed by atoms with Gasteiger partial charge in [-0.15, -0.1) is 0 Å². The molecule has 0 unspecified atom stereocenters. The third kappa shape index (κ3) is 5.55. The summed E-state index contributed by atoms with van der Waals surface area (Å²) in [6.45, 7) is 6.85. The van der Waals surface area contributed by atoms with E-state index in [1.54, 1.807) is 7.11 Å². The lowest BCUT2D eigenvalue weighted by molar-refractivity contribution is 0.195. The van der Waals surface area contributed by atoms with Crippen LogP contribution in [0.2, 0.25) is 0 Å². The zero-order valence-corrected chi connectivity index (χ0v) is 16.3. The summed E-state index contributed by atoms with van der Waals surface area (Å²) < 4.78 is 4.99. The molecule has 0 aliphatic heterocycles. The first-order valence-corrected chi connectivity index (χ1v) is 9.02. The van der Waals surface area contributed by atoms with Crippen LogP contribution in [0.3, 0.4) is 0 Å². The van der Waals surface area contributed by atoms with Crippen LogP contribution in [0, 0.1) is 25.2 Å². The molecule has 2 rings (SSSR count). The molecular weight excluding hydrogens is 346 g/mol. The fourth-order valence-corrected chi connectivity index (χ4v) is 2.70. The lowest BCUT2D eigenvalue weighted by Gasteiger charge is -2.12. The Morgan fingerprint density at radius 3 is 2.62 bits per heavy atom. The average Bonchev–Trinajstić information content (AvgIpc) is 2.63. The Morgan fingerprint density at radius 2 is 1.88 bits per heavy atom. The molecule has 0 saturated heterocycles. The lowest BCUT2D eigenvalue weighted by atomic mass is 10.0. The number of nitrogens with zero attached hydrogens (tertiary/aromatic N) is 2. The number of rotatable bonds is 8. The minimum atomic E-state index is 0.543. The highest BCUT2D eigenvalue weighted by atomic mass is 32.1. The average molecular weight is 372 g/mol. The number of thiocarbonyl (C=S) groups is 1. The van der Waals surface area contributed by atoms with Gasteiger partial charge in [0.15, 0.2) is 5.11 Å². The number of methoxy groups -OCH3 is 1. The number of fused-ring (bicyclic) bond motifs is 1. The number of hydrogen-bond donors (Lipinski definition) is 3. The quantitative estimate of drug-likeness (QED) is 0.486. The Labute approximate surface area is 159 Å². The maximum atomic E-state index is 9.40. The molecule has 0 spiro atoms. The molecule has 0 saturated carbocycles. The molecule has 0 aliphatic rings. The van der Waals surface area contributed by atoms with E-state index in [0.717, 1.165) is 23.9 Å². The van der Waals surface area contributed by atoms with Crippen molar-refractivity contribution in [3.63, 3.8) is 0 Å². The number of nitrogens with one attached hydrogen (secondary N) is 3. The maximum Gasteiger partial charge on any atom is 0.166 e. The molecule has 2 aromatic rings. The van der Waals surface area contributed by atoms with Gasteiger partial charge in [0, 0.05) is 38.7 Å². The van der Waals surface area contributed by atoms with Crippen molar-refractivity contribution in [3.8, 4) is 6.07 Å². The van der Waals surface area contributed by atoms with E-state index in [1.807, 2.05) is 12.1 Å². The van der Waals surface area contributed by atoms with E-state index in [-0.39, 0.29) is 0 Å². The normalized spacial score (nSPS) is 10.4. The summed E-state index contributed by atoms with van der Waals surface area (Å²) in [5.74, 6) is 0.601. The molecular formula is C19H25N5OS. The summed E-state index contributed by atoms with van der Waals surface area (Å²) in [5.41, 5.74) is 3.81. The Kier molecular flexibility index (Phi) is 7.57. The molecule has 138 valence electrons. The number of ether oxygens (including phenoxy) is 1. The minimum absolute atomic E-state index is 0.543. The second-order valence-corrected chi connectivity index (χ2v) is 6.49. The second-order valence-electron chi connectivity index (χ2n) is 6.08. The molecule has 0 fully saturated rings. The van der Waals surface area contributed by atoms with E-state index in [9.17, 15) is 5.26 Å². The van der Waals surface area contributed by atoms with Gasteiger partial charge in [-0.05, 0) is 61.8 Å². The largest absolute Gasteiger partial charge is 0.385 e. The second kappa shape index (κ2) is 9.90. The Bertz CT molecular complexity index is 816. The molecule has 1 aromatic heterocycles. The van der Waals surface area contributed by atoms with E-state index >= 15 is 0 Å². The minimum Gasteiger partial charge on any atom is -0.385 e. The summed E-state index contributed by atoms with van der Waals surface area (Å²) >= 11 is 5.21. The summed E-state index contributed by atoms with van der Waals surface area (Å²) in [5, 5.41) is 20.5. The van der Waals surface area contributed by atoms with Crippen molar-refractivity contribution in [3.05, 3.63) is 34.9 Å². The Balaban J connectivity index is 1.91. The van der Waals surface area contributed by atoms with E-state index in [0.29, 0.717) is 36.2 Å². The Hall–Kier alpha value is -2.43. The number of aromatic nitrogens is 1. The molecule has 1 heterocycles. The van der Waals surface area contributed by atoms with Gasteiger partial charge in [0.05, 0.1) is 11.1 Å². The molecule has 0 amide bonds. The third-order valence-electron chi connectivity index (χ3n) is 4.06. The molecule has 6 nitrogen and oxygen atoms in total. The molecule has 0 aliphatic carbocycles. The number of hydrogen-bond acceptors (Lipinski definition) is 5. The number of nitriles is 1. The molecule has 1 aromatic carbocycles. The van der Waals surface area contributed by atoms with Crippen molar-refractivity contribution in [2.24, 2.45) is 0 Å². The molecule has 0 bridgehead atoms. The first kappa shape index (κ1) is 19.9. The first-order chi connectivity index (χ1) is 12.5. The van der Waals surface area contributed by atoms with Crippen molar-refractivity contribution >= 4 is 34.1 Å². The molecule has 26 heavy (non-hydrogen) atoms. The summed E-state index contributed by atoms with van der Waals surface area (Å²) in [4.78, 5) is 4.61. The molecule has 0 atom stereocenters. The number of benzene rings is 1. The fraction of sp³-hybridized carbons (Fsp3) is 0.421. The van der Waals surface area contributed by atoms with Crippen LogP contribution in [0.15, 0.2) is 18.2 Å². The lowest BCUT2D eigenvalue weighted by Crippen LogP contribution is -2.38. The summed E-state index contributed by atoms with van der Waals surface area (Å²) in [7, 11) is 1.68. The topological polar surface area (TPSA) is 82.0 Å². The van der Waals surface area contributed by atoms with Gasteiger partial charge < -0.3 is 20.7 Å². The van der Waals surface area contributed by atoms with Crippen LogP contribution in [0.25, 0.3) is 10.9 Å². The Morgan fingerprint density at radius 1 is 1.15 bits per heavy atom. The third-order valence-corrected chi connectivity index (χ3v) is 4.35. The molecule has 3 N–H and O–H groups in total. The number of aryl methyl sites for hydroxylation is 2. The first-order valence-electron chi connectivity index (χ1n) is 8.61. The number of anilines is 1. The monoisotopic (exact) mass is 371 g/mol. The highest BCUT2D eigenvalue weighted by molar-refractivity contribution is 7.80. The van der Waals surface area contributed by atoms with E-state index in [2.05, 4.69) is 46.9 Å². The van der Waals surface area contributed by atoms with Gasteiger partial charge in [-0.3, -0.25) is 0 Å². The van der Waals surface area contributed by atoms with Crippen LogP contribution in [0.1, 0.15) is 23.1 Å². The van der Waals surface area contributed by atoms with Crippen LogP contribution in [-0.2, 0) is 4.74 Å². The predicted molar refractivity (Wildman–Crippen MR) is 110 cm³/mol. The zero-order chi connectivity index (χ0) is 18.9. The van der Waals surface area contributed by atoms with Crippen LogP contribution >= 0.6 is 12.2 Å². The van der Waals surface area contributed by atoms with Gasteiger partial charge in [-0.2, -0.15) is 5.26 Å². The van der Waals surface area contributed by atoms with Crippen LogP contribution in [0.4, 0.5) is 5.82 Å². The van der Waals surface area contributed by atoms with Gasteiger partial charge in [0.2, 0.25) is 0 Å². The van der Waals surface area contributed by atoms with Crippen LogP contribution in [0.5, 0.6) is 0 Å². The fourth-order valence-electron chi connectivity index (χ4n) is 2.50. The van der Waals surface area contributed by atoms with Crippen molar-refractivity contribution in [1.82, 2.24) is 15.6 Å². The highest BCUT2D eigenvalue weighted by Gasteiger charge is 2.08. The van der Waals surface area contributed by atoms with Crippen LogP contribution < -0.4 is 16.0 Å².